The summed E-state index contributed by atoms with van der Waals surface area (Å²) < 4.78 is 12.0. The Hall–Kier alpha value is -2.45. The van der Waals surface area contributed by atoms with Crippen LogP contribution >= 0.6 is 0 Å². The van der Waals surface area contributed by atoms with Crippen LogP contribution in [0.25, 0.3) is 0 Å². The SMILES string of the molecule is CC1(C)OB(c2ccc(NC(=O)Nc3ncccn3)cc2)OC1(C)C. The van der Waals surface area contributed by atoms with Crippen molar-refractivity contribution in [3.05, 3.63) is 42.7 Å². The second-order valence-electron chi connectivity index (χ2n) is 6.86. The van der Waals surface area contributed by atoms with E-state index in [1.807, 2.05) is 39.8 Å². The maximum Gasteiger partial charge on any atom is 0.494 e. The summed E-state index contributed by atoms with van der Waals surface area (Å²) in [7, 11) is -0.425. The lowest BCUT2D eigenvalue weighted by Crippen LogP contribution is -2.41. The first-order valence-corrected chi connectivity index (χ1v) is 8.07. The molecule has 0 unspecified atom stereocenters. The second kappa shape index (κ2) is 6.46. The molecule has 1 saturated heterocycles. The lowest BCUT2D eigenvalue weighted by atomic mass is 9.79. The summed E-state index contributed by atoms with van der Waals surface area (Å²) in [6.07, 6.45) is 3.12. The Balaban J connectivity index is 1.62. The van der Waals surface area contributed by atoms with Crippen molar-refractivity contribution in [3.63, 3.8) is 0 Å². The van der Waals surface area contributed by atoms with Crippen LogP contribution in [0.1, 0.15) is 27.7 Å². The predicted molar refractivity (Wildman–Crippen MR) is 96.8 cm³/mol. The molecule has 8 heteroatoms. The Kier molecular flexibility index (Phi) is 4.49. The zero-order valence-corrected chi connectivity index (χ0v) is 14.7. The van der Waals surface area contributed by atoms with Gasteiger partial charge in [0.2, 0.25) is 5.95 Å². The van der Waals surface area contributed by atoms with Gasteiger partial charge < -0.3 is 14.6 Å². The van der Waals surface area contributed by atoms with E-state index < -0.39 is 13.1 Å². The largest absolute Gasteiger partial charge is 0.494 e. The summed E-state index contributed by atoms with van der Waals surface area (Å²) in [4.78, 5) is 19.8. The normalized spacial score (nSPS) is 18.0. The number of carbonyl (C=O) groups is 1. The number of hydrogen-bond donors (Lipinski definition) is 2. The molecule has 0 spiro atoms. The van der Waals surface area contributed by atoms with Crippen molar-refractivity contribution in [1.29, 1.82) is 0 Å². The first-order chi connectivity index (χ1) is 11.8. The highest BCUT2D eigenvalue weighted by atomic mass is 16.7. The van der Waals surface area contributed by atoms with Crippen LogP contribution in [0.15, 0.2) is 42.7 Å². The topological polar surface area (TPSA) is 85.4 Å². The first kappa shape index (κ1) is 17.4. The summed E-state index contributed by atoms with van der Waals surface area (Å²) in [6, 6.07) is 8.61. The number of amides is 2. The van der Waals surface area contributed by atoms with Crippen LogP contribution in [0.2, 0.25) is 0 Å². The van der Waals surface area contributed by atoms with Gasteiger partial charge in [-0.15, -0.1) is 0 Å². The highest BCUT2D eigenvalue weighted by Gasteiger charge is 2.51. The Morgan fingerprint density at radius 1 is 0.960 bits per heavy atom. The van der Waals surface area contributed by atoms with E-state index in [1.54, 1.807) is 30.6 Å². The standard InChI is InChI=1S/C17H21BN4O3/c1-16(2)17(3,4)25-18(24-16)12-6-8-13(9-7-12)21-15(23)22-14-19-10-5-11-20-14/h5-11H,1-4H3,(H2,19,20,21,22,23). The average Bonchev–Trinajstić information content (AvgIpc) is 2.77. The van der Waals surface area contributed by atoms with Crippen molar-refractivity contribution in [2.24, 2.45) is 0 Å². The molecule has 2 N–H and O–H groups in total. The minimum atomic E-state index is -0.425. The predicted octanol–water partition coefficient (Wildman–Crippen LogP) is 2.42. The number of hydrogen-bond acceptors (Lipinski definition) is 5. The minimum absolute atomic E-state index is 0.244. The number of benzene rings is 1. The number of nitrogens with one attached hydrogen (secondary N) is 2. The van der Waals surface area contributed by atoms with E-state index in [0.717, 1.165) is 5.46 Å². The molecule has 0 atom stereocenters. The third-order valence-corrected chi connectivity index (χ3v) is 4.49. The molecule has 0 saturated carbocycles. The average molecular weight is 340 g/mol. The van der Waals surface area contributed by atoms with E-state index in [-0.39, 0.29) is 17.2 Å². The van der Waals surface area contributed by atoms with Crippen LogP contribution in [-0.4, -0.2) is 34.3 Å². The number of rotatable bonds is 3. The maximum atomic E-state index is 11.9. The van der Waals surface area contributed by atoms with Gasteiger partial charge in [-0.2, -0.15) is 0 Å². The summed E-state index contributed by atoms with van der Waals surface area (Å²) in [6.45, 7) is 8.05. The Morgan fingerprint density at radius 2 is 1.52 bits per heavy atom. The summed E-state index contributed by atoms with van der Waals surface area (Å²) in [5.74, 6) is 0.244. The zero-order chi connectivity index (χ0) is 18.1. The van der Waals surface area contributed by atoms with Gasteiger partial charge >= 0.3 is 13.1 Å². The van der Waals surface area contributed by atoms with Crippen molar-refractivity contribution in [2.45, 2.75) is 38.9 Å². The van der Waals surface area contributed by atoms with Gasteiger partial charge in [0, 0.05) is 18.1 Å². The Labute approximate surface area is 147 Å². The lowest BCUT2D eigenvalue weighted by Gasteiger charge is -2.32. The minimum Gasteiger partial charge on any atom is -0.399 e. The number of anilines is 2. The number of aromatic nitrogens is 2. The molecule has 3 rings (SSSR count). The van der Waals surface area contributed by atoms with Gasteiger partial charge in [0.05, 0.1) is 11.2 Å². The molecule has 1 fully saturated rings. The fourth-order valence-electron chi connectivity index (χ4n) is 2.33. The molecule has 0 aliphatic carbocycles. The van der Waals surface area contributed by atoms with Crippen molar-refractivity contribution in [3.8, 4) is 0 Å². The van der Waals surface area contributed by atoms with Crippen molar-refractivity contribution in [2.75, 3.05) is 10.6 Å². The number of carbonyl (C=O) groups excluding carboxylic acids is 1. The summed E-state index contributed by atoms with van der Waals surface area (Å²) in [5, 5.41) is 5.29. The lowest BCUT2D eigenvalue weighted by molar-refractivity contribution is 0.00578. The molecule has 1 aliphatic heterocycles. The molecule has 130 valence electrons. The van der Waals surface area contributed by atoms with Crippen LogP contribution in [-0.2, 0) is 9.31 Å². The van der Waals surface area contributed by atoms with E-state index in [0.29, 0.717) is 5.69 Å². The van der Waals surface area contributed by atoms with Crippen molar-refractivity contribution in [1.82, 2.24) is 9.97 Å². The Bertz CT molecular complexity index is 734. The molecular formula is C17H21BN4O3. The molecule has 1 aromatic heterocycles. The monoisotopic (exact) mass is 340 g/mol. The van der Waals surface area contributed by atoms with E-state index in [9.17, 15) is 4.79 Å². The summed E-state index contributed by atoms with van der Waals surface area (Å²) in [5.41, 5.74) is 0.776. The van der Waals surface area contributed by atoms with Crippen LogP contribution < -0.4 is 16.1 Å². The summed E-state index contributed by atoms with van der Waals surface area (Å²) >= 11 is 0. The van der Waals surface area contributed by atoms with E-state index >= 15 is 0 Å². The highest BCUT2D eigenvalue weighted by molar-refractivity contribution is 6.62. The smallest absolute Gasteiger partial charge is 0.399 e. The van der Waals surface area contributed by atoms with E-state index in [1.165, 1.54) is 0 Å². The third-order valence-electron chi connectivity index (χ3n) is 4.49. The quantitative estimate of drug-likeness (QED) is 0.838. The molecule has 25 heavy (non-hydrogen) atoms. The number of nitrogens with zero attached hydrogens (tertiary/aromatic N) is 2. The molecule has 7 nitrogen and oxygen atoms in total. The van der Waals surface area contributed by atoms with Crippen LogP contribution in [0.3, 0.4) is 0 Å². The van der Waals surface area contributed by atoms with Gasteiger partial charge in [0.15, 0.2) is 0 Å². The number of urea groups is 1. The van der Waals surface area contributed by atoms with Crippen LogP contribution in [0.5, 0.6) is 0 Å². The molecule has 0 radical (unpaired) electrons. The van der Waals surface area contributed by atoms with Gasteiger partial charge in [-0.1, -0.05) is 12.1 Å². The molecule has 1 aliphatic rings. The van der Waals surface area contributed by atoms with E-state index in [2.05, 4.69) is 20.6 Å². The van der Waals surface area contributed by atoms with Gasteiger partial charge in [-0.3, -0.25) is 5.32 Å². The van der Waals surface area contributed by atoms with E-state index in [4.69, 9.17) is 9.31 Å². The van der Waals surface area contributed by atoms with Gasteiger partial charge in [0.25, 0.3) is 0 Å². The molecule has 2 aromatic rings. The molecule has 1 aromatic carbocycles. The van der Waals surface area contributed by atoms with Gasteiger partial charge in [-0.05, 0) is 51.4 Å². The maximum absolute atomic E-state index is 11.9. The molecule has 2 amide bonds. The fourth-order valence-corrected chi connectivity index (χ4v) is 2.33. The molecular weight excluding hydrogens is 319 g/mol. The zero-order valence-electron chi connectivity index (χ0n) is 14.7. The van der Waals surface area contributed by atoms with Crippen LogP contribution in [0, 0.1) is 0 Å². The first-order valence-electron chi connectivity index (χ1n) is 8.07. The highest BCUT2D eigenvalue weighted by Crippen LogP contribution is 2.36. The second-order valence-corrected chi connectivity index (χ2v) is 6.86. The van der Waals surface area contributed by atoms with Crippen LogP contribution in [0.4, 0.5) is 16.4 Å². The van der Waals surface area contributed by atoms with Crippen molar-refractivity contribution < 1.29 is 14.1 Å². The van der Waals surface area contributed by atoms with Gasteiger partial charge in [-0.25, -0.2) is 14.8 Å². The molecule has 0 bridgehead atoms. The third kappa shape index (κ3) is 3.80. The molecule has 2 heterocycles. The Morgan fingerprint density at radius 3 is 2.08 bits per heavy atom. The van der Waals surface area contributed by atoms with Gasteiger partial charge in [0.1, 0.15) is 0 Å². The fraction of sp³-hybridized carbons (Fsp3) is 0.353. The van der Waals surface area contributed by atoms with Crippen molar-refractivity contribution >= 4 is 30.2 Å².